The van der Waals surface area contributed by atoms with E-state index in [-0.39, 0.29) is 114 Å². The van der Waals surface area contributed by atoms with Crippen molar-refractivity contribution in [2.45, 2.75) is 356 Å². The molecule has 24 N–H and O–H groups in total. The van der Waals surface area contributed by atoms with Gasteiger partial charge in [-0.05, 0) is 178 Å². The summed E-state index contributed by atoms with van der Waals surface area (Å²) in [5, 5.41) is 38.8. The quantitative estimate of drug-likeness (QED) is 0.0412. The van der Waals surface area contributed by atoms with Crippen molar-refractivity contribution in [3.63, 3.8) is 0 Å². The second-order valence-corrected chi connectivity index (χ2v) is 35.7. The lowest BCUT2D eigenvalue weighted by atomic mass is 9.69. The number of nitrogens with two attached hydrogens (primary N) is 1. The molecular weight excluding hydrogens is 1450 g/mol. The van der Waals surface area contributed by atoms with E-state index >= 15 is 9.59 Å². The van der Waals surface area contributed by atoms with E-state index in [0.717, 1.165) is 140 Å². The molecule has 0 saturated heterocycles. The highest BCUT2D eigenvalue weighted by Gasteiger charge is 2.47. The third-order valence-electron chi connectivity index (χ3n) is 27.1. The largest absolute Gasteiger partial charge is 0.508 e. The highest BCUT2D eigenvalue weighted by Crippen LogP contribution is 2.40. The number of aromatic hydroxyl groups is 1. The van der Waals surface area contributed by atoms with Gasteiger partial charge in [0.05, 0.1) is 55.8 Å². The number of carbonyl (C=O) groups excluding carboxylic acids is 12. The summed E-state index contributed by atoms with van der Waals surface area (Å²) in [6.07, 6.45) is 29.6. The number of primary amides is 1. The minimum Gasteiger partial charge on any atom is -0.508 e. The van der Waals surface area contributed by atoms with E-state index < -0.39 is 107 Å². The third-order valence-corrected chi connectivity index (χ3v) is 27.1. The number of Topliss-reactive ketones (excluding diaryl/α,β-unsaturated/α-hetero) is 2. The molecule has 1 aromatic rings. The van der Waals surface area contributed by atoms with Crippen LogP contribution in [0.4, 0.5) is 0 Å². The van der Waals surface area contributed by atoms with Crippen LogP contribution in [-0.4, -0.2) is 156 Å². The monoisotopic (exact) mass is 1600 g/mol. The second kappa shape index (κ2) is 47.3. The molecular formula is C87H146N14O13+4. The van der Waals surface area contributed by atoms with Crippen LogP contribution in [0.3, 0.4) is 0 Å². The Hall–Kier alpha value is -7.10. The van der Waals surface area contributed by atoms with Crippen LogP contribution < -0.4 is 76.5 Å². The van der Waals surface area contributed by atoms with Crippen molar-refractivity contribution in [2.75, 3.05) is 19.6 Å². The molecule has 0 heterocycles. The lowest BCUT2D eigenvalue weighted by Gasteiger charge is -2.38. The summed E-state index contributed by atoms with van der Waals surface area (Å²) in [5.74, 6) is -7.51. The number of rotatable bonds is 41. The van der Waals surface area contributed by atoms with Crippen molar-refractivity contribution in [1.82, 2.24) is 47.9 Å². The number of benzene rings is 1. The summed E-state index contributed by atoms with van der Waals surface area (Å²) < 4.78 is 0. The number of hydrogen-bond acceptors (Lipinski definition) is 13. The Balaban J connectivity index is 0.776. The van der Waals surface area contributed by atoms with Gasteiger partial charge in [0.1, 0.15) is 17.3 Å². The topological polar surface area (TPSA) is 470 Å². The second-order valence-electron chi connectivity index (χ2n) is 35.7. The van der Waals surface area contributed by atoms with Crippen LogP contribution in [0.1, 0.15) is 295 Å². The number of ketones is 2. The van der Waals surface area contributed by atoms with Crippen LogP contribution in [-0.2, 0) is 64.0 Å². The molecule has 8 aliphatic rings. The molecule has 114 heavy (non-hydrogen) atoms. The normalized spacial score (nSPS) is 29.1. The maximum absolute atomic E-state index is 15.2. The number of hydrogen-bond donors (Lipinski definition) is 15. The van der Waals surface area contributed by atoms with Crippen LogP contribution in [0.5, 0.6) is 5.75 Å². The van der Waals surface area contributed by atoms with Gasteiger partial charge in [-0.2, -0.15) is 0 Å². The lowest BCUT2D eigenvalue weighted by Crippen LogP contribution is -2.63. The molecule has 8 fully saturated rings. The van der Waals surface area contributed by atoms with E-state index in [2.05, 4.69) is 70.8 Å². The van der Waals surface area contributed by atoms with Gasteiger partial charge in [0.2, 0.25) is 59.1 Å². The standard InChI is InChI=1S/C87H142N14O13/c88-46-20-17-23-56(51-77(104)96-70-36-11-5-30-64(70)80(107)61-27-2-4-29-63(61)84(111)94-57(24-18-21-47-89)52-79(106)99-74-40-15-9-34-68(74)86(113)100-72-38-13-7-32-66(72)82(92)109)93-83(110)62-28-3-1-26-60(62)81(108)65-31-6-12-37-71(65)97-78(105)53-58(25-19-22-48-90)95-85(112)69-35-10-16-41-75(69)101-87(114)67-33-8-14-39-73(67)98-76(103)50-55(91)49-54-42-44-59(102)45-43-54/h42-45,55-58,60-75,102H,1-41,46-53,88-91H2,(H2,92,109)(H,93,110)(H,94,111)(H,95,112)(H,96,104)(H,97,105)(H,98,103)(H,99,106)(H,100,113)(H,101,114)/p+4/t55-,56-,57-,58-,60+,61+,62?,63?,64?,65?,66?,67?,68?,69?,70+,71+,72+,73+,74+,75+/m0/s1. The summed E-state index contributed by atoms with van der Waals surface area (Å²) in [5.41, 5.74) is 23.0. The molecule has 10 amide bonds. The van der Waals surface area contributed by atoms with E-state index in [1.54, 1.807) is 12.1 Å². The van der Waals surface area contributed by atoms with Crippen molar-refractivity contribution in [3.05, 3.63) is 29.8 Å². The molecule has 0 bridgehead atoms. The number of nitrogens with one attached hydrogen (secondary N) is 9. The third kappa shape index (κ3) is 27.8. The minimum absolute atomic E-state index is 0.00622. The number of unbranched alkanes of at least 4 members (excludes halogenated alkanes) is 3. The van der Waals surface area contributed by atoms with E-state index in [9.17, 15) is 53.1 Å². The first-order chi connectivity index (χ1) is 55.1. The Morgan fingerprint density at radius 1 is 0.325 bits per heavy atom. The first kappa shape index (κ1) is 90.8. The van der Waals surface area contributed by atoms with Gasteiger partial charge < -0.3 is 81.6 Å². The Labute approximate surface area is 676 Å². The fourth-order valence-corrected chi connectivity index (χ4v) is 20.8. The molecule has 8 aliphatic carbocycles. The molecule has 9 rings (SSSR count). The summed E-state index contributed by atoms with van der Waals surface area (Å²) in [7, 11) is 0. The molecule has 27 nitrogen and oxygen atoms in total. The van der Waals surface area contributed by atoms with E-state index in [1.807, 2.05) is 12.1 Å². The predicted octanol–water partition coefficient (Wildman–Crippen LogP) is 4.08. The zero-order chi connectivity index (χ0) is 81.5. The Bertz CT molecular complexity index is 3310. The summed E-state index contributed by atoms with van der Waals surface area (Å²) in [4.78, 5) is 171. The predicted molar refractivity (Wildman–Crippen MR) is 431 cm³/mol. The Kier molecular flexibility index (Phi) is 37.7. The van der Waals surface area contributed by atoms with Gasteiger partial charge in [0.15, 0.2) is 0 Å². The van der Waals surface area contributed by atoms with Crippen molar-refractivity contribution >= 4 is 70.6 Å². The van der Waals surface area contributed by atoms with Crippen LogP contribution in [0.15, 0.2) is 24.3 Å². The summed E-state index contributed by atoms with van der Waals surface area (Å²) >= 11 is 0. The van der Waals surface area contributed by atoms with Crippen LogP contribution in [0, 0.1) is 59.2 Å². The molecule has 0 spiro atoms. The highest BCUT2D eigenvalue weighted by atomic mass is 16.3. The van der Waals surface area contributed by atoms with E-state index in [1.165, 1.54) is 0 Å². The van der Waals surface area contributed by atoms with Crippen molar-refractivity contribution in [1.29, 1.82) is 0 Å². The average Bonchev–Trinajstić information content (AvgIpc) is 0.808. The van der Waals surface area contributed by atoms with Gasteiger partial charge in [-0.15, -0.1) is 0 Å². The molecule has 638 valence electrons. The Morgan fingerprint density at radius 3 is 0.930 bits per heavy atom. The molecule has 8 saturated carbocycles. The van der Waals surface area contributed by atoms with Gasteiger partial charge >= 0.3 is 0 Å². The highest BCUT2D eigenvalue weighted by molar-refractivity contribution is 5.94. The zero-order valence-corrected chi connectivity index (χ0v) is 68.8. The molecule has 0 aliphatic heterocycles. The SMILES string of the molecule is NC(=O)C1CCCC[C@H]1NC(=O)C1CCCC[C@H]1NC(=O)C[C@H](CCCC[NH3+])NC(=O)C1CCCC[C@H]1C(=O)C1CCCC[C@H]1NC(=O)C[C@H](CCCC[NH3+])NC(=O)C1CCCC[C@H]1C(=O)C1CCCC[C@H]1NC(=O)C[C@H](CCCC[NH3+])NC(=O)C1CCCC[C@H]1NC(=O)C1CCCC[C@H]1NC(=O)C[C@@H]([NH3+])Cc1ccc(O)cc1. The van der Waals surface area contributed by atoms with Gasteiger partial charge in [0, 0.05) is 116 Å². The molecule has 1 aromatic carbocycles. The van der Waals surface area contributed by atoms with Crippen LogP contribution in [0.2, 0.25) is 0 Å². The van der Waals surface area contributed by atoms with Crippen molar-refractivity contribution in [2.24, 2.45) is 64.9 Å². The zero-order valence-electron chi connectivity index (χ0n) is 68.8. The smallest absolute Gasteiger partial charge is 0.226 e. The number of amides is 10. The lowest BCUT2D eigenvalue weighted by molar-refractivity contribution is -0.418. The maximum atomic E-state index is 15.2. The van der Waals surface area contributed by atoms with Gasteiger partial charge in [-0.1, -0.05) is 115 Å². The summed E-state index contributed by atoms with van der Waals surface area (Å²) in [6, 6.07) is 2.69. The molecule has 27 heteroatoms. The van der Waals surface area contributed by atoms with Crippen molar-refractivity contribution in [3.8, 4) is 5.75 Å². The molecule has 8 unspecified atom stereocenters. The maximum Gasteiger partial charge on any atom is 0.226 e. The fourth-order valence-electron chi connectivity index (χ4n) is 20.8. The Morgan fingerprint density at radius 2 is 0.588 bits per heavy atom. The van der Waals surface area contributed by atoms with E-state index in [0.29, 0.717) is 154 Å². The number of carbonyl (C=O) groups is 12. The van der Waals surface area contributed by atoms with E-state index in [4.69, 9.17) is 5.73 Å². The van der Waals surface area contributed by atoms with Gasteiger partial charge in [-0.3, -0.25) is 57.5 Å². The van der Waals surface area contributed by atoms with Crippen LogP contribution >= 0.6 is 0 Å². The van der Waals surface area contributed by atoms with Gasteiger partial charge in [-0.25, -0.2) is 0 Å². The first-order valence-corrected chi connectivity index (χ1v) is 45.2. The number of phenolic OH excluding ortho intramolecular Hbond substituents is 1. The number of quaternary nitrogens is 4. The fraction of sp³-hybridized carbons (Fsp3) is 0.793. The molecule has 0 radical (unpaired) electrons. The average molecular weight is 1600 g/mol. The van der Waals surface area contributed by atoms with Gasteiger partial charge in [0.25, 0.3) is 0 Å². The molecule has 0 aromatic heterocycles. The summed E-state index contributed by atoms with van der Waals surface area (Å²) in [6.45, 7) is 2.08. The molecule has 20 atom stereocenters. The number of phenols is 1. The van der Waals surface area contributed by atoms with Crippen molar-refractivity contribution < 1.29 is 85.6 Å². The minimum atomic E-state index is -0.627. The van der Waals surface area contributed by atoms with Crippen LogP contribution in [0.25, 0.3) is 0 Å². The first-order valence-electron chi connectivity index (χ1n) is 45.2.